The van der Waals surface area contributed by atoms with Crippen molar-refractivity contribution in [3.8, 4) is 0 Å². The Labute approximate surface area is 138 Å². The third-order valence-corrected chi connectivity index (χ3v) is 8.03. The smallest absolute Gasteiger partial charge is 0.122 e. The molecule has 2 aliphatic carbocycles. The molecule has 2 heteroatoms. The van der Waals surface area contributed by atoms with Crippen LogP contribution in [0, 0.1) is 16.7 Å². The number of ether oxygens (including phenoxy) is 1. The van der Waals surface area contributed by atoms with Crippen molar-refractivity contribution in [3.05, 3.63) is 42.0 Å². The summed E-state index contributed by atoms with van der Waals surface area (Å²) in [6.45, 7) is 7.17. The number of benzene rings is 1. The molecule has 3 aliphatic rings. The van der Waals surface area contributed by atoms with E-state index in [2.05, 4.69) is 57.2 Å². The van der Waals surface area contributed by atoms with Gasteiger partial charge in [-0.15, -0.1) is 11.8 Å². The fourth-order valence-corrected chi connectivity index (χ4v) is 6.73. The van der Waals surface area contributed by atoms with Crippen molar-refractivity contribution in [1.82, 2.24) is 0 Å². The molecule has 1 nitrogen and oxygen atoms in total. The summed E-state index contributed by atoms with van der Waals surface area (Å²) in [4.78, 5) is 0. The molecule has 1 saturated heterocycles. The van der Waals surface area contributed by atoms with Gasteiger partial charge in [-0.1, -0.05) is 44.2 Å². The van der Waals surface area contributed by atoms with Crippen LogP contribution in [0.2, 0.25) is 0 Å². The summed E-state index contributed by atoms with van der Waals surface area (Å²) in [5, 5.41) is 0. The number of fused-ring (bicyclic) bond motifs is 1. The molecule has 0 radical (unpaired) electrons. The van der Waals surface area contributed by atoms with E-state index in [1.165, 1.54) is 36.2 Å². The van der Waals surface area contributed by atoms with Gasteiger partial charge in [0, 0.05) is 11.2 Å². The van der Waals surface area contributed by atoms with Crippen LogP contribution in [0.5, 0.6) is 0 Å². The first-order chi connectivity index (χ1) is 10.5. The number of rotatable bonds is 2. The molecule has 0 aromatic heterocycles. The molecule has 1 aromatic carbocycles. The molecule has 4 rings (SSSR count). The lowest BCUT2D eigenvalue weighted by Crippen LogP contribution is -2.47. The van der Waals surface area contributed by atoms with Gasteiger partial charge in [0.15, 0.2) is 0 Å². The van der Waals surface area contributed by atoms with E-state index >= 15 is 0 Å². The first kappa shape index (κ1) is 14.8. The molecule has 3 fully saturated rings. The lowest BCUT2D eigenvalue weighted by atomic mass is 9.69. The van der Waals surface area contributed by atoms with Crippen LogP contribution in [0.4, 0.5) is 0 Å². The average Bonchev–Trinajstić information content (AvgIpc) is 2.90. The lowest BCUT2D eigenvalue weighted by molar-refractivity contribution is -0.0530. The van der Waals surface area contributed by atoms with Crippen molar-refractivity contribution >= 4 is 17.3 Å². The summed E-state index contributed by atoms with van der Waals surface area (Å²) in [6, 6.07) is 10.6. The fourth-order valence-electron chi connectivity index (χ4n) is 5.05. The SMILES string of the molecule is C/C(=C\[C@@H]1O[C@@H]2C[C@H]3CC[C@]2(CS1)C3(C)C)c1ccccc1. The van der Waals surface area contributed by atoms with E-state index in [0.717, 1.165) is 5.92 Å². The number of allylic oxidation sites excluding steroid dienone is 1. The van der Waals surface area contributed by atoms with Gasteiger partial charge < -0.3 is 4.74 Å². The minimum absolute atomic E-state index is 0.228. The lowest BCUT2D eigenvalue weighted by Gasteiger charge is -2.47. The van der Waals surface area contributed by atoms with Gasteiger partial charge in [-0.2, -0.15) is 0 Å². The molecule has 0 unspecified atom stereocenters. The summed E-state index contributed by atoms with van der Waals surface area (Å²) in [6.07, 6.45) is 6.87. The highest BCUT2D eigenvalue weighted by atomic mass is 32.2. The standard InChI is InChI=1S/C20H26OS/c1-14(15-7-5-4-6-8-15)11-18-21-17-12-16-9-10-20(17,13-22-18)19(16,2)3/h4-8,11,16-18H,9-10,12-13H2,1-3H3/b14-11+/t16-,17-,18-,20-/m1/s1. The molecular weight excluding hydrogens is 288 g/mol. The summed E-state index contributed by atoms with van der Waals surface area (Å²) in [5.41, 5.74) is 3.77. The predicted molar refractivity (Wildman–Crippen MR) is 94.8 cm³/mol. The molecule has 0 amide bonds. The van der Waals surface area contributed by atoms with Crippen LogP contribution < -0.4 is 0 Å². The van der Waals surface area contributed by atoms with Crippen molar-refractivity contribution in [1.29, 1.82) is 0 Å². The van der Waals surface area contributed by atoms with Crippen LogP contribution in [-0.2, 0) is 4.74 Å². The fraction of sp³-hybridized carbons (Fsp3) is 0.600. The zero-order valence-corrected chi connectivity index (χ0v) is 14.7. The van der Waals surface area contributed by atoms with E-state index in [1.807, 2.05) is 11.8 Å². The highest BCUT2D eigenvalue weighted by Crippen LogP contribution is 2.69. The molecule has 2 saturated carbocycles. The van der Waals surface area contributed by atoms with E-state index in [9.17, 15) is 0 Å². The monoisotopic (exact) mass is 314 g/mol. The predicted octanol–water partition coefficient (Wildman–Crippen LogP) is 5.37. The van der Waals surface area contributed by atoms with Crippen LogP contribution in [0.15, 0.2) is 36.4 Å². The normalized spacial score (nSPS) is 39.8. The zero-order chi connectivity index (χ0) is 15.4. The van der Waals surface area contributed by atoms with Crippen LogP contribution in [0.3, 0.4) is 0 Å². The van der Waals surface area contributed by atoms with Crippen molar-refractivity contribution in [2.24, 2.45) is 16.7 Å². The number of hydrogen-bond acceptors (Lipinski definition) is 2. The topological polar surface area (TPSA) is 9.23 Å². The molecule has 1 aliphatic heterocycles. The molecule has 1 aromatic rings. The Bertz CT molecular complexity index is 591. The van der Waals surface area contributed by atoms with Crippen molar-refractivity contribution in [2.45, 2.75) is 51.6 Å². The second kappa shape index (κ2) is 5.14. The largest absolute Gasteiger partial charge is 0.360 e. The average molecular weight is 314 g/mol. The first-order valence-electron chi connectivity index (χ1n) is 8.54. The van der Waals surface area contributed by atoms with E-state index in [1.54, 1.807) is 0 Å². The van der Waals surface area contributed by atoms with Gasteiger partial charge in [0.05, 0.1) is 6.10 Å². The molecule has 22 heavy (non-hydrogen) atoms. The zero-order valence-electron chi connectivity index (χ0n) is 13.8. The van der Waals surface area contributed by atoms with Crippen LogP contribution in [0.1, 0.15) is 45.6 Å². The molecule has 0 N–H and O–H groups in total. The molecule has 1 spiro atoms. The van der Waals surface area contributed by atoms with Gasteiger partial charge in [0.2, 0.25) is 0 Å². The van der Waals surface area contributed by atoms with Crippen LogP contribution in [-0.4, -0.2) is 17.3 Å². The van der Waals surface area contributed by atoms with Gasteiger partial charge in [0.25, 0.3) is 0 Å². The molecular formula is C20H26OS. The van der Waals surface area contributed by atoms with Gasteiger partial charge in [-0.3, -0.25) is 0 Å². The van der Waals surface area contributed by atoms with Gasteiger partial charge in [-0.25, -0.2) is 0 Å². The second-order valence-corrected chi connectivity index (χ2v) is 8.96. The summed E-state index contributed by atoms with van der Waals surface area (Å²) in [7, 11) is 0. The van der Waals surface area contributed by atoms with Crippen molar-refractivity contribution in [2.75, 3.05) is 5.75 Å². The summed E-state index contributed by atoms with van der Waals surface area (Å²) >= 11 is 2.02. The Morgan fingerprint density at radius 3 is 2.77 bits per heavy atom. The maximum Gasteiger partial charge on any atom is 0.122 e. The molecule has 118 valence electrons. The van der Waals surface area contributed by atoms with E-state index in [4.69, 9.17) is 4.74 Å². The molecule has 1 heterocycles. The van der Waals surface area contributed by atoms with Gasteiger partial charge in [-0.05, 0) is 54.7 Å². The maximum atomic E-state index is 6.55. The Kier molecular flexibility index (Phi) is 3.47. The molecule has 2 bridgehead atoms. The highest BCUT2D eigenvalue weighted by Gasteiger charge is 2.65. The Balaban J connectivity index is 1.53. The highest BCUT2D eigenvalue weighted by molar-refractivity contribution is 8.00. The van der Waals surface area contributed by atoms with Crippen molar-refractivity contribution in [3.63, 3.8) is 0 Å². The Morgan fingerprint density at radius 1 is 1.27 bits per heavy atom. The van der Waals surface area contributed by atoms with Crippen molar-refractivity contribution < 1.29 is 4.74 Å². The third kappa shape index (κ3) is 2.03. The minimum Gasteiger partial charge on any atom is -0.360 e. The van der Waals surface area contributed by atoms with Gasteiger partial charge in [0.1, 0.15) is 5.44 Å². The quantitative estimate of drug-likeness (QED) is 0.725. The second-order valence-electron chi connectivity index (χ2n) is 7.87. The van der Waals surface area contributed by atoms with E-state index < -0.39 is 0 Å². The maximum absolute atomic E-state index is 6.55. The van der Waals surface area contributed by atoms with Gasteiger partial charge >= 0.3 is 0 Å². The van der Waals surface area contributed by atoms with E-state index in [0.29, 0.717) is 16.9 Å². The van der Waals surface area contributed by atoms with Crippen LogP contribution in [0.25, 0.3) is 5.57 Å². The Morgan fingerprint density at radius 2 is 2.05 bits per heavy atom. The van der Waals surface area contributed by atoms with Crippen LogP contribution >= 0.6 is 11.8 Å². The number of hydrogen-bond donors (Lipinski definition) is 0. The van der Waals surface area contributed by atoms with E-state index in [-0.39, 0.29) is 5.44 Å². The Hall–Kier alpha value is -0.730. The molecule has 4 atom stereocenters. The third-order valence-electron chi connectivity index (χ3n) is 6.78. The summed E-state index contributed by atoms with van der Waals surface area (Å²) in [5.74, 6) is 2.14. The minimum atomic E-state index is 0.228. The first-order valence-corrected chi connectivity index (χ1v) is 9.59. The summed E-state index contributed by atoms with van der Waals surface area (Å²) < 4.78 is 6.55. The number of thioether (sulfide) groups is 1.